The average Bonchev–Trinajstić information content (AvgIpc) is 2.45. The lowest BCUT2D eigenvalue weighted by Gasteiger charge is -2.07. The highest BCUT2D eigenvalue weighted by atomic mass is 16.3. The lowest BCUT2D eigenvalue weighted by atomic mass is 10.4. The summed E-state index contributed by atoms with van der Waals surface area (Å²) in [6.45, 7) is -0.701. The minimum absolute atomic E-state index is 0.0337. The molecule has 6 N–H and O–H groups in total. The Hall–Kier alpha value is -2.20. The first kappa shape index (κ1) is 17.8. The predicted molar refractivity (Wildman–Crippen MR) is 66.2 cm³/mol. The normalized spacial score (nSPS) is 9.50. The number of aliphatic hydroxyl groups is 2. The zero-order valence-electron chi connectivity index (χ0n) is 10.8. The van der Waals surface area contributed by atoms with E-state index in [1.165, 1.54) is 0 Å². The van der Waals surface area contributed by atoms with Crippen LogP contribution in [0.3, 0.4) is 0 Å². The Morgan fingerprint density at radius 3 is 1.05 bits per heavy atom. The molecule has 0 aliphatic carbocycles. The zero-order valence-corrected chi connectivity index (χ0v) is 10.8. The largest absolute Gasteiger partial charge is 0.395 e. The molecule has 0 aromatic rings. The van der Waals surface area contributed by atoms with Gasteiger partial charge in [-0.05, 0) is 0 Å². The van der Waals surface area contributed by atoms with Crippen LogP contribution in [0.4, 0.5) is 0 Å². The van der Waals surface area contributed by atoms with Gasteiger partial charge < -0.3 is 31.5 Å². The summed E-state index contributed by atoms with van der Waals surface area (Å²) in [7, 11) is 0. The molecule has 20 heavy (non-hydrogen) atoms. The summed E-state index contributed by atoms with van der Waals surface area (Å²) in [6, 6.07) is 0. The summed E-state index contributed by atoms with van der Waals surface area (Å²) in [4.78, 5) is 44.4. The predicted octanol–water partition coefficient (Wildman–Crippen LogP) is -4.56. The summed E-state index contributed by atoms with van der Waals surface area (Å²) >= 11 is 0. The first-order valence-corrected chi connectivity index (χ1v) is 5.86. The third-order valence-electron chi connectivity index (χ3n) is 1.90. The molecule has 4 amide bonds. The Morgan fingerprint density at radius 2 is 0.800 bits per heavy atom. The minimum Gasteiger partial charge on any atom is -0.395 e. The van der Waals surface area contributed by atoms with Gasteiger partial charge in [0.2, 0.25) is 0 Å². The van der Waals surface area contributed by atoms with Gasteiger partial charge in [0.25, 0.3) is 0 Å². The van der Waals surface area contributed by atoms with Gasteiger partial charge in [-0.3, -0.25) is 19.2 Å². The smallest absolute Gasteiger partial charge is 0.309 e. The molecular weight excluding hydrogens is 272 g/mol. The Balaban J connectivity index is 3.74. The molecular formula is C10H18N4O6. The molecule has 0 bridgehead atoms. The van der Waals surface area contributed by atoms with Crippen LogP contribution in [0.5, 0.6) is 0 Å². The second-order valence-electron chi connectivity index (χ2n) is 3.47. The molecule has 0 saturated carbocycles. The van der Waals surface area contributed by atoms with Crippen LogP contribution >= 0.6 is 0 Å². The molecule has 10 heteroatoms. The molecule has 0 fully saturated rings. The maximum atomic E-state index is 11.1. The molecule has 0 aromatic heterocycles. The highest BCUT2D eigenvalue weighted by Gasteiger charge is 2.13. The number of amides is 4. The van der Waals surface area contributed by atoms with Gasteiger partial charge in [0.1, 0.15) is 0 Å². The number of hydrogen-bond donors (Lipinski definition) is 6. The van der Waals surface area contributed by atoms with Crippen molar-refractivity contribution in [3.63, 3.8) is 0 Å². The summed E-state index contributed by atoms with van der Waals surface area (Å²) in [5, 5.41) is 25.6. The molecule has 0 aliphatic rings. The first-order valence-electron chi connectivity index (χ1n) is 5.86. The Bertz CT molecular complexity index is 326. The molecule has 0 heterocycles. The van der Waals surface area contributed by atoms with Crippen molar-refractivity contribution in [3.05, 3.63) is 0 Å². The number of aliphatic hydroxyl groups excluding tert-OH is 2. The maximum absolute atomic E-state index is 11.1. The first-order chi connectivity index (χ1) is 9.52. The topological polar surface area (TPSA) is 157 Å². The number of nitrogens with one attached hydrogen (secondary N) is 4. The van der Waals surface area contributed by atoms with E-state index in [0.29, 0.717) is 0 Å². The van der Waals surface area contributed by atoms with Gasteiger partial charge in [-0.15, -0.1) is 0 Å². The van der Waals surface area contributed by atoms with Crippen LogP contribution in [0.25, 0.3) is 0 Å². The Labute approximate surface area is 114 Å². The van der Waals surface area contributed by atoms with Gasteiger partial charge in [0.15, 0.2) is 0 Å². The molecule has 0 saturated heterocycles. The van der Waals surface area contributed by atoms with E-state index in [0.717, 1.165) is 0 Å². The van der Waals surface area contributed by atoms with E-state index in [2.05, 4.69) is 21.3 Å². The fraction of sp³-hybridized carbons (Fsp3) is 0.600. The van der Waals surface area contributed by atoms with Gasteiger partial charge in [-0.25, -0.2) is 0 Å². The standard InChI is InChI=1S/C10H18N4O6/c15-5-3-13-9(19)7(17)11-1-2-12-8(18)10(20)14-4-6-16/h15-16H,1-6H2,(H,11,17)(H,12,18)(H,13,19)(H,14,20). The van der Waals surface area contributed by atoms with Gasteiger partial charge >= 0.3 is 23.6 Å². The average molecular weight is 290 g/mol. The molecule has 0 radical (unpaired) electrons. The van der Waals surface area contributed by atoms with E-state index in [1.54, 1.807) is 0 Å². The highest BCUT2D eigenvalue weighted by molar-refractivity contribution is 6.35. The van der Waals surface area contributed by atoms with Crippen molar-refractivity contribution < 1.29 is 29.4 Å². The van der Waals surface area contributed by atoms with E-state index >= 15 is 0 Å². The van der Waals surface area contributed by atoms with Crippen molar-refractivity contribution in [2.24, 2.45) is 0 Å². The minimum atomic E-state index is -0.905. The quantitative estimate of drug-likeness (QED) is 0.205. The second kappa shape index (κ2) is 10.7. The molecule has 114 valence electrons. The number of carbonyl (C=O) groups excluding carboxylic acids is 4. The third-order valence-corrected chi connectivity index (χ3v) is 1.90. The van der Waals surface area contributed by atoms with Crippen LogP contribution in [0.1, 0.15) is 0 Å². The van der Waals surface area contributed by atoms with E-state index in [9.17, 15) is 19.2 Å². The molecule has 0 aliphatic heterocycles. The summed E-state index contributed by atoms with van der Waals surface area (Å²) in [6.07, 6.45) is 0. The second-order valence-corrected chi connectivity index (χ2v) is 3.47. The fourth-order valence-corrected chi connectivity index (χ4v) is 1.01. The van der Waals surface area contributed by atoms with E-state index < -0.39 is 23.6 Å². The molecule has 0 rings (SSSR count). The molecule has 0 spiro atoms. The van der Waals surface area contributed by atoms with Crippen molar-refractivity contribution >= 4 is 23.6 Å². The lowest BCUT2D eigenvalue weighted by molar-refractivity contribution is -0.139. The SMILES string of the molecule is O=C(NCCO)C(=O)NCCNC(=O)C(=O)NCCO. The monoisotopic (exact) mass is 290 g/mol. The molecule has 0 aromatic carbocycles. The van der Waals surface area contributed by atoms with E-state index in [-0.39, 0.29) is 39.4 Å². The molecule has 0 unspecified atom stereocenters. The Morgan fingerprint density at radius 1 is 0.550 bits per heavy atom. The van der Waals surface area contributed by atoms with Gasteiger partial charge in [-0.2, -0.15) is 0 Å². The maximum Gasteiger partial charge on any atom is 0.309 e. The van der Waals surface area contributed by atoms with E-state index in [4.69, 9.17) is 10.2 Å². The van der Waals surface area contributed by atoms with Crippen LogP contribution in [0, 0.1) is 0 Å². The highest BCUT2D eigenvalue weighted by Crippen LogP contribution is 1.71. The van der Waals surface area contributed by atoms with Crippen LogP contribution in [-0.2, 0) is 19.2 Å². The van der Waals surface area contributed by atoms with Crippen molar-refractivity contribution in [1.29, 1.82) is 0 Å². The molecule has 10 nitrogen and oxygen atoms in total. The van der Waals surface area contributed by atoms with Crippen molar-refractivity contribution in [2.75, 3.05) is 39.4 Å². The number of hydrogen-bond acceptors (Lipinski definition) is 6. The third kappa shape index (κ3) is 8.00. The summed E-state index contributed by atoms with van der Waals surface area (Å²) < 4.78 is 0. The number of carbonyl (C=O) groups is 4. The summed E-state index contributed by atoms with van der Waals surface area (Å²) in [5.74, 6) is -3.60. The van der Waals surface area contributed by atoms with Gasteiger partial charge in [-0.1, -0.05) is 0 Å². The fourth-order valence-electron chi connectivity index (χ4n) is 1.01. The van der Waals surface area contributed by atoms with Crippen molar-refractivity contribution in [3.8, 4) is 0 Å². The van der Waals surface area contributed by atoms with Crippen LogP contribution < -0.4 is 21.3 Å². The van der Waals surface area contributed by atoms with Crippen molar-refractivity contribution in [1.82, 2.24) is 21.3 Å². The van der Waals surface area contributed by atoms with Gasteiger partial charge in [0.05, 0.1) is 13.2 Å². The van der Waals surface area contributed by atoms with E-state index in [1.807, 2.05) is 0 Å². The van der Waals surface area contributed by atoms with Crippen LogP contribution in [-0.4, -0.2) is 73.2 Å². The Kier molecular flexibility index (Phi) is 9.52. The number of rotatable bonds is 7. The lowest BCUT2D eigenvalue weighted by Crippen LogP contribution is -2.46. The molecule has 0 atom stereocenters. The zero-order chi connectivity index (χ0) is 15.4. The van der Waals surface area contributed by atoms with Crippen LogP contribution in [0.2, 0.25) is 0 Å². The summed E-state index contributed by atoms with van der Waals surface area (Å²) in [5.41, 5.74) is 0. The van der Waals surface area contributed by atoms with Crippen molar-refractivity contribution in [2.45, 2.75) is 0 Å². The van der Waals surface area contributed by atoms with Crippen LogP contribution in [0.15, 0.2) is 0 Å². The van der Waals surface area contributed by atoms with Gasteiger partial charge in [0, 0.05) is 26.2 Å².